The molecule has 0 bridgehead atoms. The van der Waals surface area contributed by atoms with Crippen LogP contribution in [0.4, 0.5) is 5.82 Å². The molecule has 0 aliphatic carbocycles. The van der Waals surface area contributed by atoms with Crippen LogP contribution in [-0.2, 0) is 13.8 Å². The lowest BCUT2D eigenvalue weighted by Crippen LogP contribution is -2.30. The van der Waals surface area contributed by atoms with E-state index in [1.54, 1.807) is 39.5 Å². The summed E-state index contributed by atoms with van der Waals surface area (Å²) in [5.74, 6) is 0.353. The van der Waals surface area contributed by atoms with E-state index < -0.39 is 6.04 Å². The van der Waals surface area contributed by atoms with Gasteiger partial charge in [0.05, 0.1) is 11.3 Å². The third-order valence-electron chi connectivity index (χ3n) is 5.58. The summed E-state index contributed by atoms with van der Waals surface area (Å²) in [5, 5.41) is 18.8. The van der Waals surface area contributed by atoms with Crippen LogP contribution in [0, 0.1) is 13.8 Å². The number of hydrogen-bond donors (Lipinski definition) is 1. The van der Waals surface area contributed by atoms with Crippen molar-refractivity contribution in [3.05, 3.63) is 69.5 Å². The van der Waals surface area contributed by atoms with Crippen molar-refractivity contribution in [3.63, 3.8) is 0 Å². The van der Waals surface area contributed by atoms with Gasteiger partial charge >= 0.3 is 0 Å². The van der Waals surface area contributed by atoms with Gasteiger partial charge in [-0.1, -0.05) is 28.9 Å². The fourth-order valence-electron chi connectivity index (χ4n) is 4.21. The third kappa shape index (κ3) is 2.57. The maximum Gasteiger partial charge on any atom is 0.262 e. The van der Waals surface area contributed by atoms with Crippen LogP contribution in [0.5, 0.6) is 0 Å². The van der Waals surface area contributed by atoms with Crippen molar-refractivity contribution in [3.8, 4) is 0 Å². The quantitative estimate of drug-likeness (QED) is 0.548. The number of aliphatic hydroxyl groups is 1. The van der Waals surface area contributed by atoms with Crippen LogP contribution in [0.3, 0.4) is 0 Å². The molecule has 152 valence electrons. The highest BCUT2D eigenvalue weighted by atomic mass is 35.5. The first kappa shape index (κ1) is 18.8. The minimum Gasteiger partial charge on any atom is -0.376 e. The van der Waals surface area contributed by atoms with Gasteiger partial charge in [0.2, 0.25) is 0 Å². The number of anilines is 1. The Labute approximate surface area is 177 Å². The summed E-state index contributed by atoms with van der Waals surface area (Å²) in [6.45, 7) is 3.57. The highest BCUT2D eigenvalue weighted by Crippen LogP contribution is 2.43. The van der Waals surface area contributed by atoms with Gasteiger partial charge in [-0.2, -0.15) is 0 Å². The van der Waals surface area contributed by atoms with Gasteiger partial charge in [-0.15, -0.1) is 5.10 Å². The fourth-order valence-corrected chi connectivity index (χ4v) is 4.34. The Hall–Kier alpha value is -3.23. The summed E-state index contributed by atoms with van der Waals surface area (Å²) in [5.41, 5.74) is 5.20. The molecule has 1 atom stereocenters. The maximum atomic E-state index is 13.6. The highest BCUT2D eigenvalue weighted by Gasteiger charge is 2.43. The molecule has 1 amide bonds. The average molecular weight is 423 g/mol. The molecular formula is C21H19ClN6O2. The molecule has 1 N–H and O–H groups in total. The van der Waals surface area contributed by atoms with Gasteiger partial charge in [-0.05, 0) is 48.7 Å². The second-order valence-corrected chi connectivity index (χ2v) is 7.93. The second kappa shape index (κ2) is 6.65. The number of pyridine rings is 1. The Morgan fingerprint density at radius 3 is 2.60 bits per heavy atom. The topological polar surface area (TPSA) is 89.1 Å². The Bertz CT molecular complexity index is 1310. The van der Waals surface area contributed by atoms with Gasteiger partial charge < -0.3 is 9.67 Å². The monoisotopic (exact) mass is 422 g/mol. The first-order valence-electron chi connectivity index (χ1n) is 9.47. The molecule has 0 saturated carbocycles. The summed E-state index contributed by atoms with van der Waals surface area (Å²) < 4.78 is 3.30. The van der Waals surface area contributed by atoms with E-state index in [1.165, 1.54) is 0 Å². The van der Waals surface area contributed by atoms with Crippen molar-refractivity contribution in [2.75, 3.05) is 4.90 Å². The van der Waals surface area contributed by atoms with Gasteiger partial charge in [0, 0.05) is 18.3 Å². The number of halogens is 1. The lowest BCUT2D eigenvalue weighted by Gasteiger charge is -2.26. The van der Waals surface area contributed by atoms with Crippen LogP contribution in [0.1, 0.15) is 38.8 Å². The standard InChI is InChI=1S/C21H19ClN6O2/c1-11-8-15(23-20-17(11)24-25-26(20)3)28-18(13-4-6-14(22)7-5-13)19-16(21(28)30)12(2)9-27(19)10-29/h4-9,18,29H,10H2,1-3H3. The Morgan fingerprint density at radius 1 is 1.17 bits per heavy atom. The third-order valence-corrected chi connectivity index (χ3v) is 5.83. The zero-order valence-corrected chi connectivity index (χ0v) is 17.4. The summed E-state index contributed by atoms with van der Waals surface area (Å²) in [4.78, 5) is 20.0. The first-order chi connectivity index (χ1) is 14.4. The Morgan fingerprint density at radius 2 is 1.90 bits per heavy atom. The molecule has 0 saturated heterocycles. The van der Waals surface area contributed by atoms with Gasteiger partial charge in [-0.25, -0.2) is 9.67 Å². The molecule has 4 aromatic rings. The maximum absolute atomic E-state index is 13.6. The zero-order chi connectivity index (χ0) is 21.2. The molecule has 5 rings (SSSR count). The number of carbonyl (C=O) groups is 1. The minimum absolute atomic E-state index is 0.156. The van der Waals surface area contributed by atoms with E-state index in [1.807, 2.05) is 32.0 Å². The van der Waals surface area contributed by atoms with Crippen LogP contribution in [-0.4, -0.2) is 35.6 Å². The molecule has 0 radical (unpaired) electrons. The van der Waals surface area contributed by atoms with Crippen LogP contribution >= 0.6 is 11.6 Å². The summed E-state index contributed by atoms with van der Waals surface area (Å²) in [6, 6.07) is 8.78. The smallest absolute Gasteiger partial charge is 0.262 e. The lowest BCUT2D eigenvalue weighted by atomic mass is 10.0. The van der Waals surface area contributed by atoms with E-state index in [0.717, 1.165) is 22.4 Å². The fraction of sp³-hybridized carbons (Fsp3) is 0.238. The predicted molar refractivity (Wildman–Crippen MR) is 113 cm³/mol. The number of hydrogen-bond acceptors (Lipinski definition) is 5. The molecule has 0 spiro atoms. The Balaban J connectivity index is 1.77. The summed E-state index contributed by atoms with van der Waals surface area (Å²) in [6.07, 6.45) is 1.80. The average Bonchev–Trinajstić information content (AvgIpc) is 3.35. The number of amides is 1. The molecular weight excluding hydrogens is 404 g/mol. The van der Waals surface area contributed by atoms with Crippen molar-refractivity contribution in [1.82, 2.24) is 24.5 Å². The van der Waals surface area contributed by atoms with E-state index in [4.69, 9.17) is 16.6 Å². The molecule has 0 fully saturated rings. The molecule has 3 aromatic heterocycles. The van der Waals surface area contributed by atoms with Crippen molar-refractivity contribution >= 4 is 34.5 Å². The molecule has 1 aromatic carbocycles. The molecule has 1 aliphatic heterocycles. The number of aromatic nitrogens is 5. The molecule has 1 aliphatic rings. The lowest BCUT2D eigenvalue weighted by molar-refractivity contribution is 0.0992. The largest absolute Gasteiger partial charge is 0.376 e. The first-order valence-corrected chi connectivity index (χ1v) is 9.85. The number of nitrogens with zero attached hydrogens (tertiary/aromatic N) is 6. The van der Waals surface area contributed by atoms with Crippen molar-refractivity contribution in [2.24, 2.45) is 7.05 Å². The van der Waals surface area contributed by atoms with Crippen LogP contribution in [0.25, 0.3) is 11.2 Å². The van der Waals surface area contributed by atoms with E-state index in [9.17, 15) is 9.90 Å². The molecule has 30 heavy (non-hydrogen) atoms. The minimum atomic E-state index is -0.448. The van der Waals surface area contributed by atoms with Crippen LogP contribution < -0.4 is 4.90 Å². The predicted octanol–water partition coefficient (Wildman–Crippen LogP) is 3.13. The van der Waals surface area contributed by atoms with E-state index >= 15 is 0 Å². The molecule has 8 nitrogen and oxygen atoms in total. The van der Waals surface area contributed by atoms with E-state index in [2.05, 4.69) is 10.3 Å². The molecule has 9 heteroatoms. The van der Waals surface area contributed by atoms with Crippen LogP contribution in [0.2, 0.25) is 5.02 Å². The van der Waals surface area contributed by atoms with Crippen molar-refractivity contribution in [1.29, 1.82) is 0 Å². The number of carbonyl (C=O) groups excluding carboxylic acids is 1. The summed E-state index contributed by atoms with van der Waals surface area (Å²) >= 11 is 6.10. The number of aliphatic hydroxyl groups excluding tert-OH is 1. The van der Waals surface area contributed by atoms with Gasteiger partial charge in [-0.3, -0.25) is 9.69 Å². The number of aryl methyl sites for hydroxylation is 3. The van der Waals surface area contributed by atoms with Crippen LogP contribution in [0.15, 0.2) is 36.5 Å². The normalized spacial score (nSPS) is 16.0. The molecule has 1 unspecified atom stereocenters. The van der Waals surface area contributed by atoms with E-state index in [0.29, 0.717) is 27.6 Å². The SMILES string of the molecule is Cc1cn(CO)c2c1C(=O)N(c1cc(C)c3nnn(C)c3n1)C2c1ccc(Cl)cc1. The number of rotatable bonds is 3. The number of benzene rings is 1. The van der Waals surface area contributed by atoms with Crippen molar-refractivity contribution < 1.29 is 9.90 Å². The van der Waals surface area contributed by atoms with Gasteiger partial charge in [0.15, 0.2) is 5.65 Å². The number of fused-ring (bicyclic) bond motifs is 2. The van der Waals surface area contributed by atoms with Gasteiger partial charge in [0.1, 0.15) is 24.1 Å². The second-order valence-electron chi connectivity index (χ2n) is 7.50. The summed E-state index contributed by atoms with van der Waals surface area (Å²) in [7, 11) is 1.77. The molecule has 4 heterocycles. The zero-order valence-electron chi connectivity index (χ0n) is 16.7. The van der Waals surface area contributed by atoms with E-state index in [-0.39, 0.29) is 12.6 Å². The highest BCUT2D eigenvalue weighted by molar-refractivity contribution is 6.30. The van der Waals surface area contributed by atoms with Crippen molar-refractivity contribution in [2.45, 2.75) is 26.6 Å². The Kier molecular flexibility index (Phi) is 4.16. The van der Waals surface area contributed by atoms with Gasteiger partial charge in [0.25, 0.3) is 5.91 Å².